The summed E-state index contributed by atoms with van der Waals surface area (Å²) in [5, 5.41) is 0. The lowest BCUT2D eigenvalue weighted by molar-refractivity contribution is -0.169. The van der Waals surface area contributed by atoms with Crippen LogP contribution < -0.4 is 4.90 Å². The van der Waals surface area contributed by atoms with Crippen LogP contribution in [0.4, 0.5) is 10.6 Å². The van der Waals surface area contributed by atoms with Crippen molar-refractivity contribution in [2.24, 2.45) is 0 Å². The molecule has 0 spiro atoms. The molecule has 1 aromatic rings. The van der Waals surface area contributed by atoms with Crippen molar-refractivity contribution in [1.82, 2.24) is 9.88 Å². The number of ether oxygens (including phenoxy) is 4. The van der Waals surface area contributed by atoms with Crippen LogP contribution in [-0.2, 0) is 32.0 Å². The lowest BCUT2D eigenvalue weighted by atomic mass is 10.1. The van der Waals surface area contributed by atoms with E-state index in [1.54, 1.807) is 0 Å². The number of hydrogen-bond acceptors (Lipinski definition) is 7. The predicted octanol–water partition coefficient (Wildman–Crippen LogP) is 3.51. The van der Waals surface area contributed by atoms with Crippen LogP contribution in [0.5, 0.6) is 0 Å². The number of amides is 1. The quantitative estimate of drug-likeness (QED) is 0.618. The number of piperazine rings is 1. The van der Waals surface area contributed by atoms with Crippen molar-refractivity contribution >= 4 is 11.9 Å². The van der Waals surface area contributed by atoms with Gasteiger partial charge >= 0.3 is 6.09 Å². The highest BCUT2D eigenvalue weighted by Gasteiger charge is 2.41. The van der Waals surface area contributed by atoms with Gasteiger partial charge in [0.25, 0.3) is 0 Å². The molecule has 0 saturated carbocycles. The molecule has 0 N–H and O–H groups in total. The van der Waals surface area contributed by atoms with Crippen molar-refractivity contribution in [3.05, 3.63) is 23.4 Å². The second kappa shape index (κ2) is 9.93. The number of fused-ring (bicyclic) bond motifs is 3. The maximum Gasteiger partial charge on any atom is 0.410 e. The standard InChI is InChI=1S/C24H37N3O5/c1-17-14-26(23(28)32-24(2,3)4)15-20-13-18-8-9-19(25-22(18)27(17)20)16-29-11-12-31-21-7-5-6-10-30-21/h8-9,17,20-21H,5-7,10-16H2,1-4H3/t17-,20-,21?/m1/s1. The molecule has 0 bridgehead atoms. The highest BCUT2D eigenvalue weighted by Crippen LogP contribution is 2.35. The Morgan fingerprint density at radius 3 is 2.81 bits per heavy atom. The third-order valence-corrected chi connectivity index (χ3v) is 6.07. The van der Waals surface area contributed by atoms with E-state index in [2.05, 4.69) is 17.9 Å². The van der Waals surface area contributed by atoms with Gasteiger partial charge in [0.05, 0.1) is 31.6 Å². The number of nitrogens with zero attached hydrogens (tertiary/aromatic N) is 3. The van der Waals surface area contributed by atoms with Crippen molar-refractivity contribution in [2.75, 3.05) is 37.8 Å². The minimum Gasteiger partial charge on any atom is -0.444 e. The molecule has 3 aliphatic heterocycles. The van der Waals surface area contributed by atoms with Gasteiger partial charge in [-0.05, 0) is 65.0 Å². The van der Waals surface area contributed by atoms with Crippen molar-refractivity contribution in [2.45, 2.75) is 84.0 Å². The fraction of sp³-hybridized carbons (Fsp3) is 0.750. The Hall–Kier alpha value is -1.90. The van der Waals surface area contributed by atoms with Crippen LogP contribution in [0.15, 0.2) is 12.1 Å². The summed E-state index contributed by atoms with van der Waals surface area (Å²) in [7, 11) is 0. The SMILES string of the molecule is C[C@@H]1CN(C(=O)OC(C)(C)C)C[C@H]2Cc3ccc(COCCOC4CCCCO4)nc3N21. The van der Waals surface area contributed by atoms with E-state index < -0.39 is 5.60 Å². The summed E-state index contributed by atoms with van der Waals surface area (Å²) in [5.41, 5.74) is 1.66. The van der Waals surface area contributed by atoms with Gasteiger partial charge in [-0.3, -0.25) is 0 Å². The minimum absolute atomic E-state index is 0.0803. The largest absolute Gasteiger partial charge is 0.444 e. The first-order chi connectivity index (χ1) is 15.3. The minimum atomic E-state index is -0.485. The smallest absolute Gasteiger partial charge is 0.410 e. The van der Waals surface area contributed by atoms with E-state index in [0.717, 1.165) is 43.8 Å². The third kappa shape index (κ3) is 5.71. The summed E-state index contributed by atoms with van der Waals surface area (Å²) in [4.78, 5) is 21.7. The molecule has 3 atom stereocenters. The molecule has 0 radical (unpaired) electrons. The molecule has 0 aromatic carbocycles. The first-order valence-electron chi connectivity index (χ1n) is 11.9. The Morgan fingerprint density at radius 1 is 1.22 bits per heavy atom. The lowest BCUT2D eigenvalue weighted by Gasteiger charge is -2.43. The Balaban J connectivity index is 1.29. The van der Waals surface area contributed by atoms with Crippen LogP contribution in [0.1, 0.15) is 58.2 Å². The number of hydrogen-bond donors (Lipinski definition) is 0. The molecule has 2 saturated heterocycles. The number of carbonyl (C=O) groups excluding carboxylic acids is 1. The van der Waals surface area contributed by atoms with E-state index in [0.29, 0.717) is 32.9 Å². The molecule has 4 heterocycles. The van der Waals surface area contributed by atoms with Crippen LogP contribution >= 0.6 is 0 Å². The van der Waals surface area contributed by atoms with Crippen molar-refractivity contribution < 1.29 is 23.7 Å². The molecular formula is C24H37N3O5. The van der Waals surface area contributed by atoms with Crippen molar-refractivity contribution in [1.29, 1.82) is 0 Å². The van der Waals surface area contributed by atoms with E-state index in [9.17, 15) is 4.79 Å². The molecular weight excluding hydrogens is 410 g/mol. The maximum absolute atomic E-state index is 12.6. The molecule has 3 aliphatic rings. The van der Waals surface area contributed by atoms with E-state index in [-0.39, 0.29) is 24.5 Å². The molecule has 8 heteroatoms. The zero-order valence-corrected chi connectivity index (χ0v) is 19.8. The summed E-state index contributed by atoms with van der Waals surface area (Å²) >= 11 is 0. The van der Waals surface area contributed by atoms with Crippen LogP contribution in [0, 0.1) is 0 Å². The number of aromatic nitrogens is 1. The molecule has 32 heavy (non-hydrogen) atoms. The van der Waals surface area contributed by atoms with Gasteiger partial charge in [0.1, 0.15) is 11.4 Å². The number of pyridine rings is 1. The lowest BCUT2D eigenvalue weighted by Crippen LogP contribution is -2.58. The molecule has 178 valence electrons. The van der Waals surface area contributed by atoms with Crippen molar-refractivity contribution in [3.8, 4) is 0 Å². The zero-order valence-electron chi connectivity index (χ0n) is 19.8. The average Bonchev–Trinajstić information content (AvgIpc) is 3.11. The summed E-state index contributed by atoms with van der Waals surface area (Å²) in [6, 6.07) is 4.60. The fourth-order valence-corrected chi connectivity index (χ4v) is 4.70. The Kier molecular flexibility index (Phi) is 7.22. The Morgan fingerprint density at radius 2 is 2.06 bits per heavy atom. The molecule has 4 rings (SSSR count). The number of anilines is 1. The summed E-state index contributed by atoms with van der Waals surface area (Å²) < 4.78 is 22.7. The molecule has 1 aromatic heterocycles. The average molecular weight is 448 g/mol. The Labute approximate surface area is 191 Å². The highest BCUT2D eigenvalue weighted by molar-refractivity contribution is 5.69. The third-order valence-electron chi connectivity index (χ3n) is 6.07. The Bertz CT molecular complexity index is 790. The van der Waals surface area contributed by atoms with Gasteiger partial charge in [0.15, 0.2) is 6.29 Å². The van der Waals surface area contributed by atoms with Crippen LogP contribution in [0.25, 0.3) is 0 Å². The summed E-state index contributed by atoms with van der Waals surface area (Å²) in [6.07, 6.45) is 3.83. The van der Waals surface area contributed by atoms with Gasteiger partial charge in [-0.15, -0.1) is 0 Å². The summed E-state index contributed by atoms with van der Waals surface area (Å²) in [6.45, 7) is 11.4. The van der Waals surface area contributed by atoms with Crippen LogP contribution in [0.3, 0.4) is 0 Å². The highest BCUT2D eigenvalue weighted by atomic mass is 16.7. The van der Waals surface area contributed by atoms with E-state index in [1.165, 1.54) is 5.56 Å². The first-order valence-corrected chi connectivity index (χ1v) is 11.9. The predicted molar refractivity (Wildman–Crippen MR) is 121 cm³/mol. The van der Waals surface area contributed by atoms with Gasteiger partial charge in [0.2, 0.25) is 0 Å². The molecule has 8 nitrogen and oxygen atoms in total. The van der Waals surface area contributed by atoms with Gasteiger partial charge < -0.3 is 28.7 Å². The zero-order chi connectivity index (χ0) is 22.7. The second-order valence-corrected chi connectivity index (χ2v) is 10.0. The summed E-state index contributed by atoms with van der Waals surface area (Å²) in [5.74, 6) is 1.03. The van der Waals surface area contributed by atoms with E-state index in [4.69, 9.17) is 23.9 Å². The van der Waals surface area contributed by atoms with E-state index >= 15 is 0 Å². The van der Waals surface area contributed by atoms with Gasteiger partial charge in [-0.2, -0.15) is 0 Å². The number of carbonyl (C=O) groups is 1. The fourth-order valence-electron chi connectivity index (χ4n) is 4.70. The van der Waals surface area contributed by atoms with Gasteiger partial charge in [0, 0.05) is 25.7 Å². The van der Waals surface area contributed by atoms with Gasteiger partial charge in [-0.25, -0.2) is 9.78 Å². The number of rotatable bonds is 6. The van der Waals surface area contributed by atoms with Crippen LogP contribution in [-0.4, -0.2) is 72.9 Å². The monoisotopic (exact) mass is 447 g/mol. The topological polar surface area (TPSA) is 73.4 Å². The van der Waals surface area contributed by atoms with Gasteiger partial charge in [-0.1, -0.05) is 6.07 Å². The molecule has 2 fully saturated rings. The normalized spacial score (nSPS) is 25.4. The first kappa shape index (κ1) is 23.3. The molecule has 1 unspecified atom stereocenters. The van der Waals surface area contributed by atoms with E-state index in [1.807, 2.05) is 31.7 Å². The van der Waals surface area contributed by atoms with Crippen LogP contribution in [0.2, 0.25) is 0 Å². The second-order valence-electron chi connectivity index (χ2n) is 10.0. The molecule has 0 aliphatic carbocycles. The van der Waals surface area contributed by atoms with Crippen molar-refractivity contribution in [3.63, 3.8) is 0 Å². The maximum atomic E-state index is 12.6. The molecule has 1 amide bonds.